The molecule has 3 N–H and O–H groups in total. The Balaban J connectivity index is 2.20. The normalized spacial score (nSPS) is 12.6. The molecule has 4 heteroatoms. The van der Waals surface area contributed by atoms with Crippen LogP contribution in [-0.4, -0.2) is 5.11 Å². The molecule has 1 aromatic carbocycles. The topological polar surface area (TPSA) is 59.4 Å². The van der Waals surface area contributed by atoms with Gasteiger partial charge in [-0.25, -0.2) is 4.39 Å². The Bertz CT molecular complexity index is 468. The summed E-state index contributed by atoms with van der Waals surface area (Å²) in [4.78, 5) is 0. The molecule has 1 atom stereocenters. The molecular weight excluding hydrogens is 209 g/mol. The van der Waals surface area contributed by atoms with E-state index in [0.29, 0.717) is 17.7 Å². The van der Waals surface area contributed by atoms with Crippen LogP contribution in [0.3, 0.4) is 0 Å². The molecule has 0 amide bonds. The first kappa shape index (κ1) is 10.7. The average molecular weight is 221 g/mol. The van der Waals surface area contributed by atoms with Crippen LogP contribution in [-0.2, 0) is 6.42 Å². The van der Waals surface area contributed by atoms with Crippen molar-refractivity contribution < 1.29 is 13.9 Å². The summed E-state index contributed by atoms with van der Waals surface area (Å²) in [6.45, 7) is 0. The Labute approximate surface area is 92.3 Å². The fourth-order valence-electron chi connectivity index (χ4n) is 1.58. The first-order chi connectivity index (χ1) is 7.66. The number of hydrogen-bond donors (Lipinski definition) is 2. The van der Waals surface area contributed by atoms with Crippen LogP contribution >= 0.6 is 0 Å². The molecule has 1 unspecified atom stereocenters. The number of rotatable bonds is 3. The van der Waals surface area contributed by atoms with Gasteiger partial charge in [0.25, 0.3) is 0 Å². The molecule has 1 aromatic heterocycles. The molecule has 2 aromatic rings. The van der Waals surface area contributed by atoms with Gasteiger partial charge >= 0.3 is 0 Å². The van der Waals surface area contributed by atoms with E-state index in [4.69, 9.17) is 10.2 Å². The Morgan fingerprint density at radius 3 is 2.88 bits per heavy atom. The molecule has 84 valence electrons. The van der Waals surface area contributed by atoms with Crippen LogP contribution in [0.5, 0.6) is 0 Å². The standard InChI is InChI=1S/C12H12FNO2/c13-9-1-2-11(14)10(6-9)12(15)5-8-3-4-16-7-8/h1-4,6-7,12,15H,5,14H2. The zero-order valence-electron chi connectivity index (χ0n) is 8.56. The van der Waals surface area contributed by atoms with Gasteiger partial charge in [0.1, 0.15) is 5.82 Å². The predicted molar refractivity (Wildman–Crippen MR) is 58.2 cm³/mol. The van der Waals surface area contributed by atoms with Gasteiger partial charge in [-0.05, 0) is 29.8 Å². The van der Waals surface area contributed by atoms with Crippen LogP contribution < -0.4 is 5.73 Å². The molecule has 0 fully saturated rings. The maximum Gasteiger partial charge on any atom is 0.123 e. The quantitative estimate of drug-likeness (QED) is 0.781. The van der Waals surface area contributed by atoms with Crippen molar-refractivity contribution >= 4 is 5.69 Å². The number of anilines is 1. The fraction of sp³-hybridized carbons (Fsp3) is 0.167. The summed E-state index contributed by atoms with van der Waals surface area (Å²) in [5.41, 5.74) is 7.30. The SMILES string of the molecule is Nc1ccc(F)cc1C(O)Cc1ccoc1. The number of halogens is 1. The van der Waals surface area contributed by atoms with Crippen molar-refractivity contribution in [2.45, 2.75) is 12.5 Å². The lowest BCUT2D eigenvalue weighted by atomic mass is 10.0. The molecule has 1 heterocycles. The molecule has 0 saturated heterocycles. The number of nitrogens with two attached hydrogens (primary N) is 1. The lowest BCUT2D eigenvalue weighted by molar-refractivity contribution is 0.178. The number of hydrogen-bond acceptors (Lipinski definition) is 3. The van der Waals surface area contributed by atoms with Crippen LogP contribution in [0.1, 0.15) is 17.2 Å². The Morgan fingerprint density at radius 1 is 1.38 bits per heavy atom. The van der Waals surface area contributed by atoms with Gasteiger partial charge in [0.2, 0.25) is 0 Å². The zero-order valence-corrected chi connectivity index (χ0v) is 8.56. The molecule has 0 aliphatic heterocycles. The fourth-order valence-corrected chi connectivity index (χ4v) is 1.58. The average Bonchev–Trinajstić information content (AvgIpc) is 2.74. The van der Waals surface area contributed by atoms with Crippen molar-refractivity contribution in [2.24, 2.45) is 0 Å². The Kier molecular flexibility index (Phi) is 2.92. The molecule has 0 aliphatic rings. The van der Waals surface area contributed by atoms with Gasteiger partial charge in [-0.15, -0.1) is 0 Å². The van der Waals surface area contributed by atoms with E-state index in [1.807, 2.05) is 0 Å². The highest BCUT2D eigenvalue weighted by Crippen LogP contribution is 2.24. The van der Waals surface area contributed by atoms with Gasteiger partial charge in [0.15, 0.2) is 0 Å². The number of aliphatic hydroxyl groups is 1. The summed E-state index contributed by atoms with van der Waals surface area (Å²) in [5.74, 6) is -0.407. The molecule has 0 aliphatic carbocycles. The van der Waals surface area contributed by atoms with Crippen molar-refractivity contribution in [1.82, 2.24) is 0 Å². The molecular formula is C12H12FNO2. The Hall–Kier alpha value is -1.81. The summed E-state index contributed by atoms with van der Waals surface area (Å²) in [5, 5.41) is 9.91. The van der Waals surface area contributed by atoms with Gasteiger partial charge in [0, 0.05) is 17.7 Å². The third kappa shape index (κ3) is 2.23. The second kappa shape index (κ2) is 4.37. The van der Waals surface area contributed by atoms with E-state index < -0.39 is 11.9 Å². The van der Waals surface area contributed by atoms with Crippen molar-refractivity contribution in [3.05, 3.63) is 53.7 Å². The van der Waals surface area contributed by atoms with E-state index in [1.54, 1.807) is 12.3 Å². The van der Waals surface area contributed by atoms with Gasteiger partial charge in [0.05, 0.1) is 18.6 Å². The molecule has 0 spiro atoms. The van der Waals surface area contributed by atoms with E-state index in [1.165, 1.54) is 24.5 Å². The number of benzene rings is 1. The van der Waals surface area contributed by atoms with E-state index >= 15 is 0 Å². The summed E-state index contributed by atoms with van der Waals surface area (Å²) < 4.78 is 17.9. The zero-order chi connectivity index (χ0) is 11.5. The summed E-state index contributed by atoms with van der Waals surface area (Å²) in [6.07, 6.45) is 2.59. The largest absolute Gasteiger partial charge is 0.472 e. The van der Waals surface area contributed by atoms with E-state index in [2.05, 4.69) is 0 Å². The Morgan fingerprint density at radius 2 is 2.19 bits per heavy atom. The van der Waals surface area contributed by atoms with Crippen LogP contribution in [0.25, 0.3) is 0 Å². The highest BCUT2D eigenvalue weighted by atomic mass is 19.1. The maximum atomic E-state index is 13.0. The van der Waals surface area contributed by atoms with E-state index in [-0.39, 0.29) is 0 Å². The first-order valence-corrected chi connectivity index (χ1v) is 4.91. The summed E-state index contributed by atoms with van der Waals surface area (Å²) in [6, 6.07) is 5.71. The van der Waals surface area contributed by atoms with Crippen LogP contribution in [0, 0.1) is 5.82 Å². The van der Waals surface area contributed by atoms with Crippen LogP contribution in [0.15, 0.2) is 41.2 Å². The van der Waals surface area contributed by atoms with Crippen molar-refractivity contribution in [3.63, 3.8) is 0 Å². The minimum Gasteiger partial charge on any atom is -0.472 e. The second-order valence-electron chi connectivity index (χ2n) is 3.62. The van der Waals surface area contributed by atoms with Gasteiger partial charge < -0.3 is 15.3 Å². The lowest BCUT2D eigenvalue weighted by Gasteiger charge is -2.12. The monoisotopic (exact) mass is 221 g/mol. The van der Waals surface area contributed by atoms with Crippen LogP contribution in [0.2, 0.25) is 0 Å². The van der Waals surface area contributed by atoms with E-state index in [0.717, 1.165) is 5.56 Å². The van der Waals surface area contributed by atoms with Gasteiger partial charge in [-0.2, -0.15) is 0 Å². The highest BCUT2D eigenvalue weighted by Gasteiger charge is 2.13. The van der Waals surface area contributed by atoms with Gasteiger partial charge in [-0.1, -0.05) is 0 Å². The molecule has 0 bridgehead atoms. The third-order valence-corrected chi connectivity index (χ3v) is 2.42. The predicted octanol–water partition coefficient (Wildman–Crippen LogP) is 2.28. The third-order valence-electron chi connectivity index (χ3n) is 2.42. The molecule has 0 radical (unpaired) electrons. The first-order valence-electron chi connectivity index (χ1n) is 4.91. The molecule has 0 saturated carbocycles. The minimum atomic E-state index is -0.826. The molecule has 3 nitrogen and oxygen atoms in total. The minimum absolute atomic E-state index is 0.351. The van der Waals surface area contributed by atoms with Crippen molar-refractivity contribution in [1.29, 1.82) is 0 Å². The molecule has 16 heavy (non-hydrogen) atoms. The number of furan rings is 1. The highest BCUT2D eigenvalue weighted by molar-refractivity contribution is 5.48. The number of nitrogen functional groups attached to an aromatic ring is 1. The van der Waals surface area contributed by atoms with Crippen LogP contribution in [0.4, 0.5) is 10.1 Å². The second-order valence-corrected chi connectivity index (χ2v) is 3.62. The summed E-state index contributed by atoms with van der Waals surface area (Å²) in [7, 11) is 0. The van der Waals surface area contributed by atoms with Crippen molar-refractivity contribution in [2.75, 3.05) is 5.73 Å². The smallest absolute Gasteiger partial charge is 0.123 e. The van der Waals surface area contributed by atoms with Gasteiger partial charge in [-0.3, -0.25) is 0 Å². The maximum absolute atomic E-state index is 13.0. The van der Waals surface area contributed by atoms with Crippen molar-refractivity contribution in [3.8, 4) is 0 Å². The van der Waals surface area contributed by atoms with E-state index in [9.17, 15) is 9.50 Å². The molecule has 2 rings (SSSR count). The number of aliphatic hydroxyl groups excluding tert-OH is 1. The lowest BCUT2D eigenvalue weighted by Crippen LogP contribution is -2.05. The summed E-state index contributed by atoms with van der Waals surface area (Å²) >= 11 is 0.